The Balaban J connectivity index is 1.87. The first kappa shape index (κ1) is 10.8. The van der Waals surface area contributed by atoms with E-state index in [1.165, 1.54) is 35.4 Å². The first-order valence-corrected chi connectivity index (χ1v) is 6.45. The van der Waals surface area contributed by atoms with Gasteiger partial charge in [0, 0.05) is 5.71 Å². The smallest absolute Gasteiger partial charge is 0.107 e. The highest BCUT2D eigenvalue weighted by Crippen LogP contribution is 2.30. The number of hydrogen-bond donors (Lipinski definition) is 0. The van der Waals surface area contributed by atoms with Crippen molar-refractivity contribution in [2.45, 2.75) is 38.5 Å². The van der Waals surface area contributed by atoms with Crippen LogP contribution in [0.25, 0.3) is 0 Å². The van der Waals surface area contributed by atoms with E-state index in [0.29, 0.717) is 0 Å². The SMILES string of the molecule is [B]C1=CC=C(C2=CCC3=CCCCC3=N2)CC1. The third kappa shape index (κ3) is 2.22. The molecule has 0 spiro atoms. The van der Waals surface area contributed by atoms with Gasteiger partial charge in [-0.05, 0) is 49.7 Å². The second-order valence-electron chi connectivity index (χ2n) is 4.91. The number of aliphatic imine (C=N–C) groups is 1. The molecule has 2 aliphatic carbocycles. The Kier molecular flexibility index (Phi) is 2.88. The van der Waals surface area contributed by atoms with E-state index < -0.39 is 0 Å². The van der Waals surface area contributed by atoms with Crippen LogP contribution in [0.2, 0.25) is 0 Å². The molecular formula is C15H16BN. The molecule has 0 N–H and O–H groups in total. The first-order valence-electron chi connectivity index (χ1n) is 6.45. The quantitative estimate of drug-likeness (QED) is 0.600. The lowest BCUT2D eigenvalue weighted by Crippen LogP contribution is -2.12. The molecule has 0 unspecified atom stereocenters. The van der Waals surface area contributed by atoms with E-state index in [2.05, 4.69) is 18.2 Å². The normalized spacial score (nSPS) is 23.9. The highest BCUT2D eigenvalue weighted by atomic mass is 14.8. The molecule has 84 valence electrons. The van der Waals surface area contributed by atoms with Gasteiger partial charge in [-0.1, -0.05) is 24.3 Å². The molecule has 0 fully saturated rings. The van der Waals surface area contributed by atoms with Crippen molar-refractivity contribution in [2.24, 2.45) is 4.99 Å². The van der Waals surface area contributed by atoms with Crippen molar-refractivity contribution in [3.8, 4) is 0 Å². The number of allylic oxidation sites excluding steroid dienone is 7. The van der Waals surface area contributed by atoms with Crippen LogP contribution in [-0.4, -0.2) is 13.6 Å². The minimum absolute atomic E-state index is 0.969. The van der Waals surface area contributed by atoms with Crippen LogP contribution in [0.15, 0.2) is 51.6 Å². The molecular weight excluding hydrogens is 205 g/mol. The summed E-state index contributed by atoms with van der Waals surface area (Å²) in [5.74, 6) is 0. The molecule has 0 amide bonds. The third-order valence-corrected chi connectivity index (χ3v) is 3.66. The number of hydrogen-bond acceptors (Lipinski definition) is 1. The van der Waals surface area contributed by atoms with Crippen molar-refractivity contribution in [2.75, 3.05) is 0 Å². The molecule has 0 saturated carbocycles. The van der Waals surface area contributed by atoms with Crippen molar-refractivity contribution < 1.29 is 0 Å². The van der Waals surface area contributed by atoms with Gasteiger partial charge in [0.2, 0.25) is 0 Å². The Labute approximate surface area is 104 Å². The average Bonchev–Trinajstić information content (AvgIpc) is 2.39. The molecule has 1 heterocycles. The largest absolute Gasteiger partial charge is 0.253 e. The summed E-state index contributed by atoms with van der Waals surface area (Å²) >= 11 is 0. The van der Waals surface area contributed by atoms with Crippen LogP contribution in [0.1, 0.15) is 38.5 Å². The van der Waals surface area contributed by atoms with E-state index in [-0.39, 0.29) is 0 Å². The Bertz CT molecular complexity index is 489. The molecule has 0 bridgehead atoms. The van der Waals surface area contributed by atoms with Gasteiger partial charge >= 0.3 is 0 Å². The van der Waals surface area contributed by atoms with Crippen LogP contribution in [0.5, 0.6) is 0 Å². The van der Waals surface area contributed by atoms with Gasteiger partial charge in [-0.15, -0.1) is 5.47 Å². The molecule has 17 heavy (non-hydrogen) atoms. The van der Waals surface area contributed by atoms with E-state index in [4.69, 9.17) is 12.8 Å². The van der Waals surface area contributed by atoms with E-state index >= 15 is 0 Å². The summed E-state index contributed by atoms with van der Waals surface area (Å²) in [6, 6.07) is 0. The lowest BCUT2D eigenvalue weighted by molar-refractivity contribution is 0.848. The maximum absolute atomic E-state index is 5.78. The lowest BCUT2D eigenvalue weighted by atomic mass is 9.84. The van der Waals surface area contributed by atoms with Gasteiger partial charge in [0.1, 0.15) is 7.85 Å². The fourth-order valence-corrected chi connectivity index (χ4v) is 2.62. The summed E-state index contributed by atoms with van der Waals surface area (Å²) in [5, 5.41) is 0. The predicted octanol–water partition coefficient (Wildman–Crippen LogP) is 3.60. The second kappa shape index (κ2) is 4.52. The second-order valence-corrected chi connectivity index (χ2v) is 4.91. The van der Waals surface area contributed by atoms with E-state index in [1.807, 2.05) is 6.08 Å². The summed E-state index contributed by atoms with van der Waals surface area (Å²) < 4.78 is 0. The molecule has 3 rings (SSSR count). The molecule has 3 aliphatic rings. The Hall–Kier alpha value is -1.31. The van der Waals surface area contributed by atoms with Crippen molar-refractivity contribution >= 4 is 13.6 Å². The molecule has 0 aromatic heterocycles. The summed E-state index contributed by atoms with van der Waals surface area (Å²) in [7, 11) is 5.78. The van der Waals surface area contributed by atoms with Crippen molar-refractivity contribution in [3.63, 3.8) is 0 Å². The maximum Gasteiger partial charge on any atom is 0.107 e. The van der Waals surface area contributed by atoms with Crippen LogP contribution in [0.4, 0.5) is 0 Å². The zero-order chi connectivity index (χ0) is 11.7. The lowest BCUT2D eigenvalue weighted by Gasteiger charge is -2.22. The zero-order valence-corrected chi connectivity index (χ0v) is 10.1. The van der Waals surface area contributed by atoms with Gasteiger partial charge in [0.25, 0.3) is 0 Å². The topological polar surface area (TPSA) is 12.4 Å². The van der Waals surface area contributed by atoms with Gasteiger partial charge in [-0.2, -0.15) is 0 Å². The standard InChI is InChI=1S/C15H16BN/c16-13-8-5-12(6-9-13)15-10-7-11-3-1-2-4-14(11)17-15/h3,5,8,10H,1-2,4,6-7,9H2. The average molecular weight is 221 g/mol. The summed E-state index contributed by atoms with van der Waals surface area (Å²) in [6.07, 6.45) is 15.4. The third-order valence-electron chi connectivity index (χ3n) is 3.66. The number of nitrogens with zero attached hydrogens (tertiary/aromatic N) is 1. The maximum atomic E-state index is 5.78. The number of rotatable bonds is 1. The summed E-state index contributed by atoms with van der Waals surface area (Å²) in [4.78, 5) is 4.82. The molecule has 0 saturated heterocycles. The predicted molar refractivity (Wildman–Crippen MR) is 73.2 cm³/mol. The van der Waals surface area contributed by atoms with Gasteiger partial charge < -0.3 is 0 Å². The van der Waals surface area contributed by atoms with Crippen molar-refractivity contribution in [1.29, 1.82) is 0 Å². The Morgan fingerprint density at radius 1 is 1.00 bits per heavy atom. The highest BCUT2D eigenvalue weighted by Gasteiger charge is 2.17. The first-order chi connectivity index (χ1) is 8.33. The molecule has 0 aromatic carbocycles. The summed E-state index contributed by atoms with van der Waals surface area (Å²) in [5.41, 5.74) is 6.28. The summed E-state index contributed by atoms with van der Waals surface area (Å²) in [6.45, 7) is 0. The van der Waals surface area contributed by atoms with Crippen LogP contribution in [0.3, 0.4) is 0 Å². The molecule has 0 atom stereocenters. The molecule has 1 nitrogen and oxygen atoms in total. The van der Waals surface area contributed by atoms with Gasteiger partial charge in [0.05, 0.1) is 5.70 Å². The van der Waals surface area contributed by atoms with Crippen LogP contribution in [0, 0.1) is 0 Å². The Morgan fingerprint density at radius 3 is 2.76 bits per heavy atom. The fourth-order valence-electron chi connectivity index (χ4n) is 2.62. The van der Waals surface area contributed by atoms with E-state index in [1.54, 1.807) is 0 Å². The van der Waals surface area contributed by atoms with Gasteiger partial charge in [-0.25, -0.2) is 0 Å². The minimum Gasteiger partial charge on any atom is -0.253 e. The van der Waals surface area contributed by atoms with Crippen LogP contribution >= 0.6 is 0 Å². The fraction of sp³-hybridized carbons (Fsp3) is 0.400. The van der Waals surface area contributed by atoms with Gasteiger partial charge in [-0.3, -0.25) is 4.99 Å². The Morgan fingerprint density at radius 2 is 1.94 bits per heavy atom. The zero-order valence-electron chi connectivity index (χ0n) is 10.1. The minimum atomic E-state index is 0.969. The molecule has 1 aliphatic heterocycles. The molecule has 0 aromatic rings. The van der Waals surface area contributed by atoms with Gasteiger partial charge in [0.15, 0.2) is 0 Å². The van der Waals surface area contributed by atoms with Crippen molar-refractivity contribution in [3.05, 3.63) is 46.6 Å². The van der Waals surface area contributed by atoms with E-state index in [9.17, 15) is 0 Å². The molecule has 2 radical (unpaired) electrons. The van der Waals surface area contributed by atoms with Crippen molar-refractivity contribution in [1.82, 2.24) is 0 Å². The highest BCUT2D eigenvalue weighted by molar-refractivity contribution is 6.21. The molecule has 2 heteroatoms. The van der Waals surface area contributed by atoms with E-state index in [0.717, 1.165) is 31.2 Å². The van der Waals surface area contributed by atoms with Crippen LogP contribution < -0.4 is 0 Å². The van der Waals surface area contributed by atoms with Crippen LogP contribution in [-0.2, 0) is 0 Å². The number of fused-ring (bicyclic) bond motifs is 1. The monoisotopic (exact) mass is 221 g/mol.